The van der Waals surface area contributed by atoms with Gasteiger partial charge in [0.25, 0.3) is 0 Å². The van der Waals surface area contributed by atoms with Crippen LogP contribution in [0.3, 0.4) is 0 Å². The maximum absolute atomic E-state index is 8.18. The fraction of sp³-hybridized carbons (Fsp3) is 0.478. The van der Waals surface area contributed by atoms with Crippen LogP contribution in [-0.4, -0.2) is 0 Å². The standard InChI is InChI=1S/C23H29N/c1-16-10-12-18(13-11-16)17(2)14-19-7-5-9-23-21(19)15-20-6-3-4-8-22(20)24-23/h3-9,16-18,24H,10-15H2,1-2H3/i2D2. The molecule has 24 heavy (non-hydrogen) atoms. The highest BCUT2D eigenvalue weighted by Crippen LogP contribution is 2.38. The third-order valence-electron chi connectivity index (χ3n) is 6.05. The molecule has 1 heterocycles. The van der Waals surface area contributed by atoms with Crippen molar-refractivity contribution in [1.82, 2.24) is 0 Å². The molecule has 1 unspecified atom stereocenters. The van der Waals surface area contributed by atoms with Gasteiger partial charge in [0, 0.05) is 20.5 Å². The van der Waals surface area contributed by atoms with E-state index in [-0.39, 0.29) is 5.92 Å². The highest BCUT2D eigenvalue weighted by Gasteiger charge is 2.25. The van der Waals surface area contributed by atoms with E-state index in [0.29, 0.717) is 5.92 Å². The molecule has 2 aliphatic rings. The Labute approximate surface area is 149 Å². The largest absolute Gasteiger partial charge is 0.355 e. The van der Waals surface area contributed by atoms with Gasteiger partial charge in [-0.1, -0.05) is 57.0 Å². The van der Waals surface area contributed by atoms with Crippen molar-refractivity contribution >= 4 is 11.4 Å². The SMILES string of the molecule is [2H]C([2H])C(Cc1cccc2c1Cc1ccccc1N2)C1CCC(C)CC1. The van der Waals surface area contributed by atoms with E-state index in [9.17, 15) is 0 Å². The molecule has 0 amide bonds. The Kier molecular flexibility index (Phi) is 3.73. The highest BCUT2D eigenvalue weighted by atomic mass is 14.9. The van der Waals surface area contributed by atoms with Crippen LogP contribution in [0.25, 0.3) is 0 Å². The maximum Gasteiger partial charge on any atom is 0.0423 e. The van der Waals surface area contributed by atoms with Crippen molar-refractivity contribution in [2.75, 3.05) is 5.32 Å². The topological polar surface area (TPSA) is 12.0 Å². The molecule has 126 valence electrons. The predicted octanol–water partition coefficient (Wildman–Crippen LogP) is 6.34. The zero-order chi connectivity index (χ0) is 18.1. The van der Waals surface area contributed by atoms with E-state index in [0.717, 1.165) is 18.8 Å². The van der Waals surface area contributed by atoms with E-state index in [4.69, 9.17) is 2.74 Å². The second kappa shape index (κ2) is 6.63. The van der Waals surface area contributed by atoms with Crippen LogP contribution in [0.1, 0.15) is 58.9 Å². The van der Waals surface area contributed by atoms with Gasteiger partial charge in [-0.2, -0.15) is 0 Å². The molecule has 1 N–H and O–H groups in total. The average Bonchev–Trinajstić information content (AvgIpc) is 2.65. The van der Waals surface area contributed by atoms with Crippen LogP contribution in [0.15, 0.2) is 42.5 Å². The monoisotopic (exact) mass is 321 g/mol. The number of benzene rings is 2. The summed E-state index contributed by atoms with van der Waals surface area (Å²) in [7, 11) is 0. The van der Waals surface area contributed by atoms with Gasteiger partial charge in [0.1, 0.15) is 0 Å². The van der Waals surface area contributed by atoms with Crippen LogP contribution in [0.2, 0.25) is 0 Å². The Hall–Kier alpha value is -1.76. The fourth-order valence-corrected chi connectivity index (χ4v) is 4.42. The minimum Gasteiger partial charge on any atom is -0.355 e. The Morgan fingerprint density at radius 1 is 1.04 bits per heavy atom. The molecule has 2 aromatic rings. The van der Waals surface area contributed by atoms with Gasteiger partial charge in [-0.15, -0.1) is 0 Å². The molecule has 0 radical (unpaired) electrons. The number of hydrogen-bond acceptors (Lipinski definition) is 1. The van der Waals surface area contributed by atoms with Crippen molar-refractivity contribution in [2.24, 2.45) is 17.8 Å². The Bertz CT molecular complexity index is 763. The Morgan fingerprint density at radius 2 is 1.83 bits per heavy atom. The molecule has 0 saturated heterocycles. The molecule has 1 aliphatic heterocycles. The van der Waals surface area contributed by atoms with Crippen molar-refractivity contribution in [3.63, 3.8) is 0 Å². The predicted molar refractivity (Wildman–Crippen MR) is 103 cm³/mol. The van der Waals surface area contributed by atoms with Gasteiger partial charge in [-0.3, -0.25) is 0 Å². The lowest BCUT2D eigenvalue weighted by Gasteiger charge is -2.32. The first-order chi connectivity index (χ1) is 12.6. The molecular weight excluding hydrogens is 290 g/mol. The van der Waals surface area contributed by atoms with E-state index in [1.54, 1.807) is 0 Å². The van der Waals surface area contributed by atoms with Crippen LogP contribution < -0.4 is 5.32 Å². The van der Waals surface area contributed by atoms with Gasteiger partial charge in [-0.25, -0.2) is 0 Å². The van der Waals surface area contributed by atoms with E-state index < -0.39 is 6.88 Å². The summed E-state index contributed by atoms with van der Waals surface area (Å²) in [6.07, 6.45) is 6.71. The van der Waals surface area contributed by atoms with Gasteiger partial charge in [0.05, 0.1) is 0 Å². The first-order valence-electron chi connectivity index (χ1n) is 10.6. The molecule has 1 aliphatic carbocycles. The summed E-state index contributed by atoms with van der Waals surface area (Å²) in [6.45, 7) is 1.59. The van der Waals surface area contributed by atoms with Crippen molar-refractivity contribution in [1.29, 1.82) is 0 Å². The summed E-state index contributed by atoms with van der Waals surface area (Å²) in [5.41, 5.74) is 6.43. The third kappa shape index (κ3) is 3.09. The lowest BCUT2D eigenvalue weighted by Crippen LogP contribution is -2.21. The van der Waals surface area contributed by atoms with Gasteiger partial charge in [-0.05, 0) is 65.8 Å². The summed E-state index contributed by atoms with van der Waals surface area (Å²) >= 11 is 0. The molecule has 1 heteroatoms. The third-order valence-corrected chi connectivity index (χ3v) is 6.05. The van der Waals surface area contributed by atoms with Crippen LogP contribution in [0.5, 0.6) is 0 Å². The van der Waals surface area contributed by atoms with Crippen molar-refractivity contribution in [3.05, 3.63) is 59.2 Å². The number of nitrogens with one attached hydrogen (secondary N) is 1. The van der Waals surface area contributed by atoms with E-state index in [1.807, 2.05) is 0 Å². The molecule has 0 bridgehead atoms. The molecule has 1 atom stereocenters. The summed E-state index contributed by atoms with van der Waals surface area (Å²) in [4.78, 5) is 0. The fourth-order valence-electron chi connectivity index (χ4n) is 4.42. The van der Waals surface area contributed by atoms with Crippen molar-refractivity contribution in [2.45, 2.75) is 52.3 Å². The zero-order valence-corrected chi connectivity index (χ0v) is 14.6. The minimum absolute atomic E-state index is 0.145. The Morgan fingerprint density at radius 3 is 2.67 bits per heavy atom. The van der Waals surface area contributed by atoms with Crippen LogP contribution in [0.4, 0.5) is 11.4 Å². The molecule has 0 spiro atoms. The first kappa shape index (κ1) is 13.5. The van der Waals surface area contributed by atoms with E-state index in [2.05, 4.69) is 54.7 Å². The second-order valence-corrected chi connectivity index (χ2v) is 7.79. The molecule has 0 aromatic heterocycles. The summed E-state index contributed by atoms with van der Waals surface area (Å²) < 4.78 is 16.4. The maximum atomic E-state index is 8.18. The summed E-state index contributed by atoms with van der Waals surface area (Å²) in [6, 6.07) is 15.0. The highest BCUT2D eigenvalue weighted by molar-refractivity contribution is 5.72. The van der Waals surface area contributed by atoms with Gasteiger partial charge >= 0.3 is 0 Å². The zero-order valence-electron chi connectivity index (χ0n) is 16.6. The molecule has 1 fully saturated rings. The van der Waals surface area contributed by atoms with Gasteiger partial charge < -0.3 is 5.32 Å². The van der Waals surface area contributed by atoms with Crippen LogP contribution in [0, 0.1) is 17.8 Å². The summed E-state index contributed by atoms with van der Waals surface area (Å²) in [5, 5.41) is 3.57. The molecular formula is C23H29N. The minimum atomic E-state index is -0.743. The number of rotatable bonds is 3. The molecule has 1 nitrogen and oxygen atoms in total. The summed E-state index contributed by atoms with van der Waals surface area (Å²) in [5.74, 6) is 1.49. The van der Waals surface area contributed by atoms with Crippen molar-refractivity contribution in [3.8, 4) is 0 Å². The van der Waals surface area contributed by atoms with Crippen LogP contribution >= 0.6 is 0 Å². The smallest absolute Gasteiger partial charge is 0.0423 e. The lowest BCUT2D eigenvalue weighted by atomic mass is 9.74. The van der Waals surface area contributed by atoms with E-state index >= 15 is 0 Å². The number of para-hydroxylation sites is 1. The second-order valence-electron chi connectivity index (χ2n) is 7.79. The van der Waals surface area contributed by atoms with Crippen LogP contribution in [-0.2, 0) is 12.8 Å². The van der Waals surface area contributed by atoms with Gasteiger partial charge in [0.15, 0.2) is 0 Å². The van der Waals surface area contributed by atoms with E-state index in [1.165, 1.54) is 53.7 Å². The molecule has 2 aromatic carbocycles. The average molecular weight is 322 g/mol. The quantitative estimate of drug-likeness (QED) is 0.593. The molecule has 1 saturated carbocycles. The number of anilines is 2. The van der Waals surface area contributed by atoms with Crippen molar-refractivity contribution < 1.29 is 2.74 Å². The Balaban J connectivity index is 1.58. The molecule has 4 rings (SSSR count). The first-order valence-corrected chi connectivity index (χ1v) is 9.42. The number of hydrogen-bond donors (Lipinski definition) is 1. The van der Waals surface area contributed by atoms with Gasteiger partial charge in [0.2, 0.25) is 0 Å². The lowest BCUT2D eigenvalue weighted by molar-refractivity contribution is 0.222. The number of fused-ring (bicyclic) bond motifs is 2. The normalized spacial score (nSPS) is 25.1.